The average molecular weight is 254 g/mol. The predicted octanol–water partition coefficient (Wildman–Crippen LogP) is 1.54. The molecule has 2 rings (SSSR count). The lowest BCUT2D eigenvalue weighted by Gasteiger charge is -2.09. The number of nitrogens with one attached hydrogen (secondary N) is 1. The SMILES string of the molecule is CCc1cnc(CCNC(=O)[C@@H]2CCCO2)s1. The molecule has 17 heavy (non-hydrogen) atoms. The largest absolute Gasteiger partial charge is 0.368 e. The first-order valence-electron chi connectivity index (χ1n) is 6.12. The topological polar surface area (TPSA) is 51.2 Å². The number of hydrogen-bond acceptors (Lipinski definition) is 4. The molecular formula is C12H18N2O2S. The Morgan fingerprint density at radius 3 is 3.24 bits per heavy atom. The molecular weight excluding hydrogens is 236 g/mol. The number of nitrogens with zero attached hydrogens (tertiary/aromatic N) is 1. The Kier molecular flexibility index (Phi) is 4.50. The zero-order chi connectivity index (χ0) is 12.1. The van der Waals surface area contributed by atoms with Crippen molar-refractivity contribution in [3.05, 3.63) is 16.1 Å². The summed E-state index contributed by atoms with van der Waals surface area (Å²) in [7, 11) is 0. The fraction of sp³-hybridized carbons (Fsp3) is 0.667. The molecule has 1 amide bonds. The van der Waals surface area contributed by atoms with Gasteiger partial charge in [-0.15, -0.1) is 11.3 Å². The zero-order valence-corrected chi connectivity index (χ0v) is 10.9. The van der Waals surface area contributed by atoms with Crippen molar-refractivity contribution in [1.82, 2.24) is 10.3 Å². The van der Waals surface area contributed by atoms with E-state index < -0.39 is 0 Å². The van der Waals surface area contributed by atoms with Crippen LogP contribution in [0.3, 0.4) is 0 Å². The van der Waals surface area contributed by atoms with Crippen LogP contribution < -0.4 is 5.32 Å². The van der Waals surface area contributed by atoms with Gasteiger partial charge in [0.1, 0.15) is 6.10 Å². The monoisotopic (exact) mass is 254 g/mol. The third-order valence-corrected chi connectivity index (χ3v) is 4.01. The van der Waals surface area contributed by atoms with Gasteiger partial charge in [-0.1, -0.05) is 6.92 Å². The maximum absolute atomic E-state index is 11.6. The van der Waals surface area contributed by atoms with Crippen LogP contribution in [0.1, 0.15) is 29.7 Å². The maximum atomic E-state index is 11.6. The lowest BCUT2D eigenvalue weighted by Crippen LogP contribution is -2.35. The summed E-state index contributed by atoms with van der Waals surface area (Å²) in [6.45, 7) is 3.48. The zero-order valence-electron chi connectivity index (χ0n) is 10.1. The number of carbonyl (C=O) groups is 1. The summed E-state index contributed by atoms with van der Waals surface area (Å²) in [6, 6.07) is 0. The van der Waals surface area contributed by atoms with Crippen LogP contribution in [0, 0.1) is 0 Å². The van der Waals surface area contributed by atoms with E-state index in [9.17, 15) is 4.79 Å². The van der Waals surface area contributed by atoms with Crippen LogP contribution in [0.2, 0.25) is 0 Å². The number of aromatic nitrogens is 1. The molecule has 1 atom stereocenters. The molecule has 94 valence electrons. The fourth-order valence-electron chi connectivity index (χ4n) is 1.82. The standard InChI is InChI=1S/C12H18N2O2S/c1-2-9-8-14-11(17-9)5-6-13-12(15)10-4-3-7-16-10/h8,10H,2-7H2,1H3,(H,13,15)/t10-/m0/s1. The molecule has 0 aliphatic carbocycles. The van der Waals surface area contributed by atoms with Crippen LogP contribution in [0.15, 0.2) is 6.20 Å². The Balaban J connectivity index is 1.69. The van der Waals surface area contributed by atoms with Crippen molar-refractivity contribution in [2.75, 3.05) is 13.2 Å². The Hall–Kier alpha value is -0.940. The highest BCUT2D eigenvalue weighted by Crippen LogP contribution is 2.14. The number of thiazole rings is 1. The molecule has 1 aromatic rings. The van der Waals surface area contributed by atoms with Crippen molar-refractivity contribution in [3.63, 3.8) is 0 Å². The van der Waals surface area contributed by atoms with E-state index in [-0.39, 0.29) is 12.0 Å². The molecule has 0 bridgehead atoms. The van der Waals surface area contributed by atoms with Crippen LogP contribution in [-0.4, -0.2) is 30.1 Å². The van der Waals surface area contributed by atoms with Crippen molar-refractivity contribution in [2.45, 2.75) is 38.7 Å². The molecule has 1 saturated heterocycles. The van der Waals surface area contributed by atoms with E-state index in [0.717, 1.165) is 30.7 Å². The van der Waals surface area contributed by atoms with Crippen LogP contribution in [0.4, 0.5) is 0 Å². The summed E-state index contributed by atoms with van der Waals surface area (Å²) < 4.78 is 5.31. The molecule has 5 heteroatoms. The van der Waals surface area contributed by atoms with E-state index in [2.05, 4.69) is 17.2 Å². The van der Waals surface area contributed by atoms with Gasteiger partial charge >= 0.3 is 0 Å². The number of rotatable bonds is 5. The minimum Gasteiger partial charge on any atom is -0.368 e. The van der Waals surface area contributed by atoms with Crippen molar-refractivity contribution in [3.8, 4) is 0 Å². The second-order valence-electron chi connectivity index (χ2n) is 4.12. The van der Waals surface area contributed by atoms with E-state index >= 15 is 0 Å². The lowest BCUT2D eigenvalue weighted by atomic mass is 10.2. The summed E-state index contributed by atoms with van der Waals surface area (Å²) in [5.41, 5.74) is 0. The Morgan fingerprint density at radius 1 is 1.71 bits per heavy atom. The summed E-state index contributed by atoms with van der Waals surface area (Å²) in [5.74, 6) is 0.0229. The van der Waals surface area contributed by atoms with Gasteiger partial charge in [0.25, 0.3) is 0 Å². The van der Waals surface area contributed by atoms with Gasteiger partial charge in [-0.05, 0) is 19.3 Å². The third-order valence-electron chi connectivity index (χ3n) is 2.81. The second-order valence-corrected chi connectivity index (χ2v) is 5.32. The molecule has 0 saturated carbocycles. The lowest BCUT2D eigenvalue weighted by molar-refractivity contribution is -0.129. The third kappa shape index (κ3) is 3.51. The molecule has 1 aliphatic rings. The molecule has 0 aromatic carbocycles. The summed E-state index contributed by atoms with van der Waals surface area (Å²) >= 11 is 1.72. The molecule has 4 nitrogen and oxygen atoms in total. The van der Waals surface area contributed by atoms with Crippen molar-refractivity contribution in [2.24, 2.45) is 0 Å². The number of ether oxygens (including phenoxy) is 1. The molecule has 2 heterocycles. The second kappa shape index (κ2) is 6.12. The van der Waals surface area contributed by atoms with Crippen molar-refractivity contribution < 1.29 is 9.53 Å². The van der Waals surface area contributed by atoms with Crippen molar-refractivity contribution >= 4 is 17.2 Å². The smallest absolute Gasteiger partial charge is 0.249 e. The maximum Gasteiger partial charge on any atom is 0.249 e. The highest BCUT2D eigenvalue weighted by molar-refractivity contribution is 7.11. The minimum absolute atomic E-state index is 0.0229. The van der Waals surface area contributed by atoms with Gasteiger partial charge in [0, 0.05) is 30.6 Å². The van der Waals surface area contributed by atoms with E-state index in [4.69, 9.17) is 4.74 Å². The highest BCUT2D eigenvalue weighted by Gasteiger charge is 2.22. The van der Waals surface area contributed by atoms with Gasteiger partial charge in [0.15, 0.2) is 0 Å². The number of carbonyl (C=O) groups excluding carboxylic acids is 1. The van der Waals surface area contributed by atoms with E-state index in [0.29, 0.717) is 13.2 Å². The van der Waals surface area contributed by atoms with Gasteiger partial charge in [-0.25, -0.2) is 4.98 Å². The van der Waals surface area contributed by atoms with Gasteiger partial charge in [-0.2, -0.15) is 0 Å². The van der Waals surface area contributed by atoms with Gasteiger partial charge in [-0.3, -0.25) is 4.79 Å². The van der Waals surface area contributed by atoms with Gasteiger partial charge < -0.3 is 10.1 Å². The average Bonchev–Trinajstić information content (AvgIpc) is 3.00. The molecule has 1 aromatic heterocycles. The fourth-order valence-corrected chi connectivity index (χ4v) is 2.68. The number of hydrogen-bond donors (Lipinski definition) is 1. The first-order valence-corrected chi connectivity index (χ1v) is 6.94. The summed E-state index contributed by atoms with van der Waals surface area (Å²) in [5, 5.41) is 4.00. The Morgan fingerprint density at radius 2 is 2.59 bits per heavy atom. The number of aryl methyl sites for hydroxylation is 1. The minimum atomic E-state index is -0.225. The molecule has 0 radical (unpaired) electrons. The highest BCUT2D eigenvalue weighted by atomic mass is 32.1. The molecule has 1 fully saturated rings. The Bertz CT molecular complexity index is 372. The van der Waals surface area contributed by atoms with E-state index in [1.807, 2.05) is 6.20 Å². The van der Waals surface area contributed by atoms with Crippen molar-refractivity contribution in [1.29, 1.82) is 0 Å². The molecule has 1 aliphatic heterocycles. The summed E-state index contributed by atoms with van der Waals surface area (Å²) in [6.07, 6.45) is 5.37. The van der Waals surface area contributed by atoms with Gasteiger partial charge in [0.05, 0.1) is 5.01 Å². The van der Waals surface area contributed by atoms with E-state index in [1.54, 1.807) is 11.3 Å². The van der Waals surface area contributed by atoms with Gasteiger partial charge in [0.2, 0.25) is 5.91 Å². The van der Waals surface area contributed by atoms with Crippen LogP contribution in [0.25, 0.3) is 0 Å². The predicted molar refractivity (Wildman–Crippen MR) is 67.2 cm³/mol. The normalized spacial score (nSPS) is 19.5. The first kappa shape index (κ1) is 12.5. The molecule has 1 N–H and O–H groups in total. The molecule has 0 spiro atoms. The van der Waals surface area contributed by atoms with Crippen LogP contribution in [0.5, 0.6) is 0 Å². The first-order chi connectivity index (χ1) is 8.29. The Labute approximate surface area is 105 Å². The number of amides is 1. The van der Waals surface area contributed by atoms with E-state index in [1.165, 1.54) is 4.88 Å². The summed E-state index contributed by atoms with van der Waals surface area (Å²) in [4.78, 5) is 17.3. The quantitative estimate of drug-likeness (QED) is 0.867. The van der Waals surface area contributed by atoms with Crippen LogP contribution in [-0.2, 0) is 22.4 Å². The van der Waals surface area contributed by atoms with Crippen LogP contribution >= 0.6 is 11.3 Å². The molecule has 0 unspecified atom stereocenters.